The molecule has 0 fully saturated rings. The van der Waals surface area contributed by atoms with Crippen LogP contribution in [-0.4, -0.2) is 36.7 Å². The highest BCUT2D eigenvalue weighted by molar-refractivity contribution is 5.57. The zero-order valence-corrected chi connectivity index (χ0v) is 14.9. The number of hydrogen-bond acceptors (Lipinski definition) is 7. The number of aryl methyl sites for hydroxylation is 1. The topological polar surface area (TPSA) is 105 Å². The number of ether oxygens (including phenoxy) is 2. The monoisotopic (exact) mass is 385 g/mol. The fraction of sp³-hybridized carbons (Fsp3) is 0.278. The van der Waals surface area contributed by atoms with E-state index in [2.05, 4.69) is 15.0 Å². The number of rotatable bonds is 5. The lowest BCUT2D eigenvalue weighted by Gasteiger charge is -2.32. The molecule has 10 heteroatoms. The molecule has 0 radical (unpaired) electrons. The van der Waals surface area contributed by atoms with E-state index in [1.54, 1.807) is 29.0 Å². The Kier molecular flexibility index (Phi) is 4.38. The minimum absolute atomic E-state index is 0.203. The molecule has 0 spiro atoms. The van der Waals surface area contributed by atoms with Gasteiger partial charge in [0, 0.05) is 35.8 Å². The second-order valence-electron chi connectivity index (χ2n) is 6.67. The highest BCUT2D eigenvalue weighted by Gasteiger charge is 2.37. The van der Waals surface area contributed by atoms with E-state index in [1.165, 1.54) is 12.3 Å². The Bertz CT molecular complexity index is 1010. The third-order valence-corrected chi connectivity index (χ3v) is 4.42. The van der Waals surface area contributed by atoms with Crippen LogP contribution in [0.2, 0.25) is 0 Å². The van der Waals surface area contributed by atoms with Crippen molar-refractivity contribution in [1.82, 2.24) is 19.5 Å². The summed E-state index contributed by atoms with van der Waals surface area (Å²) in [5, 5.41) is 10.9. The molecule has 0 bridgehead atoms. The van der Waals surface area contributed by atoms with E-state index >= 15 is 0 Å². The zero-order chi connectivity index (χ0) is 19.7. The Labute approximate surface area is 158 Å². The maximum Gasteiger partial charge on any atom is 0.414 e. The van der Waals surface area contributed by atoms with Crippen molar-refractivity contribution in [3.05, 3.63) is 58.8 Å². The quantitative estimate of drug-likeness (QED) is 0.491. The molecule has 0 amide bonds. The molecule has 3 aromatic rings. The molecule has 0 aromatic carbocycles. The van der Waals surface area contributed by atoms with Crippen LogP contribution < -0.4 is 9.47 Å². The summed E-state index contributed by atoms with van der Waals surface area (Å²) >= 11 is 0. The molecule has 0 saturated carbocycles. The van der Waals surface area contributed by atoms with E-state index in [9.17, 15) is 14.5 Å². The summed E-state index contributed by atoms with van der Waals surface area (Å²) in [7, 11) is 0. The normalized spacial score (nSPS) is 18.2. The first-order valence-corrected chi connectivity index (χ1v) is 8.53. The second kappa shape index (κ2) is 6.87. The van der Waals surface area contributed by atoms with E-state index in [1.807, 2.05) is 6.92 Å². The molecule has 144 valence electrons. The molecule has 28 heavy (non-hydrogen) atoms. The number of aromatic nitrogens is 4. The van der Waals surface area contributed by atoms with Crippen LogP contribution in [0.4, 0.5) is 10.2 Å². The van der Waals surface area contributed by atoms with E-state index in [0.29, 0.717) is 24.5 Å². The van der Waals surface area contributed by atoms with Gasteiger partial charge in [0.05, 0.1) is 11.9 Å². The third-order valence-electron chi connectivity index (χ3n) is 4.42. The summed E-state index contributed by atoms with van der Waals surface area (Å²) < 4.78 is 26.1. The van der Waals surface area contributed by atoms with Gasteiger partial charge >= 0.3 is 11.8 Å². The van der Waals surface area contributed by atoms with Crippen molar-refractivity contribution < 1.29 is 18.8 Å². The van der Waals surface area contributed by atoms with Gasteiger partial charge in [0.1, 0.15) is 24.2 Å². The molecule has 1 aliphatic heterocycles. The highest BCUT2D eigenvalue weighted by atomic mass is 19.1. The summed E-state index contributed by atoms with van der Waals surface area (Å²) in [6.45, 7) is 2.60. The van der Waals surface area contributed by atoms with Gasteiger partial charge in [-0.1, -0.05) is 0 Å². The lowest BCUT2D eigenvalue weighted by Crippen LogP contribution is -2.43. The van der Waals surface area contributed by atoms with Crippen molar-refractivity contribution in [3.8, 4) is 23.1 Å². The predicted molar refractivity (Wildman–Crippen MR) is 95.5 cm³/mol. The molecule has 4 heterocycles. The Morgan fingerprint density at radius 3 is 2.86 bits per heavy atom. The van der Waals surface area contributed by atoms with Gasteiger partial charge in [0.25, 0.3) is 0 Å². The average molecular weight is 385 g/mol. The van der Waals surface area contributed by atoms with E-state index in [4.69, 9.17) is 9.47 Å². The van der Waals surface area contributed by atoms with E-state index in [-0.39, 0.29) is 18.4 Å². The van der Waals surface area contributed by atoms with Crippen LogP contribution in [0.5, 0.6) is 11.9 Å². The van der Waals surface area contributed by atoms with Crippen LogP contribution in [0.25, 0.3) is 11.3 Å². The molecular formula is C18H16FN5O4. The summed E-state index contributed by atoms with van der Waals surface area (Å²) in [6, 6.07) is 6.59. The number of pyridine rings is 2. The number of fused-ring (bicyclic) bond motifs is 1. The SMILES string of the molecule is CC1(COc2ccc(-c3ccc(F)cn3)cn2)CCn2cc([N+](=O)[O-])nc2O1. The lowest BCUT2D eigenvalue weighted by molar-refractivity contribution is -0.389. The smallest absolute Gasteiger partial charge is 0.414 e. The van der Waals surface area contributed by atoms with Crippen LogP contribution >= 0.6 is 0 Å². The molecule has 3 aromatic heterocycles. The van der Waals surface area contributed by atoms with Crippen molar-refractivity contribution in [3.63, 3.8) is 0 Å². The standard InChI is InChI=1S/C18H16FN5O4/c1-18(6-7-23-10-15(24(25)26)22-17(23)28-18)11-27-16-5-2-12(8-21-16)14-4-3-13(19)9-20-14/h2-5,8-10H,6-7,11H2,1H3. The number of nitro groups is 1. The van der Waals surface area contributed by atoms with Gasteiger partial charge in [-0.05, 0) is 30.0 Å². The summed E-state index contributed by atoms with van der Waals surface area (Å²) in [6.07, 6.45) is 4.70. The van der Waals surface area contributed by atoms with Gasteiger partial charge in [0.2, 0.25) is 5.88 Å². The van der Waals surface area contributed by atoms with Gasteiger partial charge in [-0.2, -0.15) is 0 Å². The van der Waals surface area contributed by atoms with Gasteiger partial charge in [0.15, 0.2) is 0 Å². The first-order valence-electron chi connectivity index (χ1n) is 8.53. The lowest BCUT2D eigenvalue weighted by atomic mass is 10.0. The maximum absolute atomic E-state index is 13.0. The molecule has 1 unspecified atom stereocenters. The average Bonchev–Trinajstić information content (AvgIpc) is 3.11. The van der Waals surface area contributed by atoms with Crippen molar-refractivity contribution in [2.45, 2.75) is 25.5 Å². The molecule has 0 N–H and O–H groups in total. The largest absolute Gasteiger partial charge is 0.473 e. The Morgan fingerprint density at radius 2 is 2.18 bits per heavy atom. The molecule has 1 aliphatic rings. The molecule has 9 nitrogen and oxygen atoms in total. The number of nitrogens with zero attached hydrogens (tertiary/aromatic N) is 5. The van der Waals surface area contributed by atoms with Crippen molar-refractivity contribution in [2.75, 3.05) is 6.61 Å². The summed E-state index contributed by atoms with van der Waals surface area (Å²) in [5.41, 5.74) is 0.659. The minimum Gasteiger partial charge on any atom is -0.473 e. The van der Waals surface area contributed by atoms with Crippen molar-refractivity contribution in [2.24, 2.45) is 0 Å². The second-order valence-corrected chi connectivity index (χ2v) is 6.67. The Balaban J connectivity index is 1.41. The zero-order valence-electron chi connectivity index (χ0n) is 14.9. The van der Waals surface area contributed by atoms with Crippen LogP contribution in [0.1, 0.15) is 13.3 Å². The molecular weight excluding hydrogens is 369 g/mol. The fourth-order valence-corrected chi connectivity index (χ4v) is 2.84. The number of imidazole rings is 1. The first kappa shape index (κ1) is 17.8. The van der Waals surface area contributed by atoms with Crippen LogP contribution in [0.3, 0.4) is 0 Å². The van der Waals surface area contributed by atoms with Crippen LogP contribution in [0.15, 0.2) is 42.9 Å². The predicted octanol–water partition coefficient (Wildman–Crippen LogP) is 3.01. The molecule has 0 saturated heterocycles. The summed E-state index contributed by atoms with van der Waals surface area (Å²) in [4.78, 5) is 22.4. The summed E-state index contributed by atoms with van der Waals surface area (Å²) in [5.74, 6) is -0.245. The van der Waals surface area contributed by atoms with Gasteiger partial charge < -0.3 is 19.6 Å². The van der Waals surface area contributed by atoms with Crippen LogP contribution in [0, 0.1) is 15.9 Å². The van der Waals surface area contributed by atoms with Gasteiger partial charge in [-0.25, -0.2) is 9.37 Å². The first-order chi connectivity index (χ1) is 13.4. The number of halogens is 1. The third kappa shape index (κ3) is 3.61. The molecule has 0 aliphatic carbocycles. The molecule has 4 rings (SSSR count). The van der Waals surface area contributed by atoms with Crippen LogP contribution in [-0.2, 0) is 6.54 Å². The van der Waals surface area contributed by atoms with Crippen molar-refractivity contribution in [1.29, 1.82) is 0 Å². The fourth-order valence-electron chi connectivity index (χ4n) is 2.84. The minimum atomic E-state index is -0.686. The number of hydrogen-bond donors (Lipinski definition) is 0. The maximum atomic E-state index is 13.0. The Morgan fingerprint density at radius 1 is 1.32 bits per heavy atom. The van der Waals surface area contributed by atoms with E-state index < -0.39 is 16.3 Å². The van der Waals surface area contributed by atoms with Gasteiger partial charge in [-0.3, -0.25) is 9.55 Å². The highest BCUT2D eigenvalue weighted by Crippen LogP contribution is 2.30. The Hall–Kier alpha value is -3.56. The van der Waals surface area contributed by atoms with Crippen molar-refractivity contribution >= 4 is 5.82 Å². The van der Waals surface area contributed by atoms with Gasteiger partial charge in [-0.15, -0.1) is 0 Å². The molecule has 1 atom stereocenters. The van der Waals surface area contributed by atoms with E-state index in [0.717, 1.165) is 11.8 Å².